The first-order valence-electron chi connectivity index (χ1n) is 4.55. The highest BCUT2D eigenvalue weighted by Gasteiger charge is 2.05. The van der Waals surface area contributed by atoms with Crippen LogP contribution in [0.3, 0.4) is 0 Å². The van der Waals surface area contributed by atoms with Crippen molar-refractivity contribution in [2.45, 2.75) is 11.3 Å². The Kier molecular flexibility index (Phi) is 3.23. The van der Waals surface area contributed by atoms with Gasteiger partial charge in [0.1, 0.15) is 10.8 Å². The molecule has 5 heteroatoms. The molecule has 0 fully saturated rings. The zero-order valence-electron chi connectivity index (χ0n) is 8.17. The van der Waals surface area contributed by atoms with Crippen molar-refractivity contribution in [1.29, 1.82) is 0 Å². The van der Waals surface area contributed by atoms with Gasteiger partial charge >= 0.3 is 0 Å². The van der Waals surface area contributed by atoms with Gasteiger partial charge in [-0.15, -0.1) is 22.8 Å². The van der Waals surface area contributed by atoms with Crippen LogP contribution in [0.1, 0.15) is 6.92 Å². The fourth-order valence-corrected chi connectivity index (χ4v) is 2.10. The Morgan fingerprint density at radius 3 is 2.93 bits per heavy atom. The van der Waals surface area contributed by atoms with E-state index in [-0.39, 0.29) is 0 Å². The smallest absolute Gasteiger partial charge is 0.171 e. The molecule has 0 aliphatic heterocycles. The van der Waals surface area contributed by atoms with Crippen LogP contribution in [-0.4, -0.2) is 16.8 Å². The van der Waals surface area contributed by atoms with Crippen LogP contribution in [0.5, 0.6) is 5.75 Å². The third-order valence-electron chi connectivity index (χ3n) is 1.81. The average Bonchev–Trinajstić information content (AvgIpc) is 2.66. The lowest BCUT2D eigenvalue weighted by molar-refractivity contribution is 0.340. The average molecular weight is 238 g/mol. The number of benzene rings is 1. The van der Waals surface area contributed by atoms with Gasteiger partial charge in [0.05, 0.1) is 6.61 Å². The Morgan fingerprint density at radius 2 is 2.27 bits per heavy atom. The predicted molar refractivity (Wildman–Crippen MR) is 63.8 cm³/mol. The number of rotatable bonds is 3. The topological polar surface area (TPSA) is 35.0 Å². The van der Waals surface area contributed by atoms with Crippen molar-refractivity contribution in [3.8, 4) is 16.3 Å². The maximum Gasteiger partial charge on any atom is 0.171 e. The molecule has 2 aromatic rings. The SMILES string of the molecule is CCOc1cccc(-c2nnc(S)s2)c1. The maximum absolute atomic E-state index is 5.41. The van der Waals surface area contributed by atoms with E-state index in [4.69, 9.17) is 4.74 Å². The van der Waals surface area contributed by atoms with Gasteiger partial charge in [-0.2, -0.15) is 0 Å². The minimum Gasteiger partial charge on any atom is -0.494 e. The fourth-order valence-electron chi connectivity index (χ4n) is 1.22. The minimum absolute atomic E-state index is 0.664. The highest BCUT2D eigenvalue weighted by atomic mass is 32.2. The zero-order valence-corrected chi connectivity index (χ0v) is 9.89. The van der Waals surface area contributed by atoms with Gasteiger partial charge < -0.3 is 4.74 Å². The summed E-state index contributed by atoms with van der Waals surface area (Å²) in [5, 5.41) is 8.75. The van der Waals surface area contributed by atoms with Gasteiger partial charge in [-0.05, 0) is 19.1 Å². The van der Waals surface area contributed by atoms with Crippen molar-refractivity contribution < 1.29 is 4.74 Å². The summed E-state index contributed by atoms with van der Waals surface area (Å²) in [7, 11) is 0. The van der Waals surface area contributed by atoms with Crippen LogP contribution >= 0.6 is 24.0 Å². The Balaban J connectivity index is 2.32. The zero-order chi connectivity index (χ0) is 10.7. The molecule has 0 saturated carbocycles. The second kappa shape index (κ2) is 4.63. The molecule has 1 aromatic carbocycles. The molecule has 0 saturated heterocycles. The Morgan fingerprint density at radius 1 is 1.40 bits per heavy atom. The molecule has 0 bridgehead atoms. The highest BCUT2D eigenvalue weighted by molar-refractivity contribution is 7.82. The number of hydrogen-bond donors (Lipinski definition) is 1. The molecule has 0 aliphatic carbocycles. The van der Waals surface area contributed by atoms with E-state index in [1.807, 2.05) is 31.2 Å². The van der Waals surface area contributed by atoms with Gasteiger partial charge in [-0.25, -0.2) is 0 Å². The van der Waals surface area contributed by atoms with Crippen LogP contribution in [0, 0.1) is 0 Å². The van der Waals surface area contributed by atoms with Crippen molar-refractivity contribution in [2.24, 2.45) is 0 Å². The highest BCUT2D eigenvalue weighted by Crippen LogP contribution is 2.27. The first-order chi connectivity index (χ1) is 7.29. The van der Waals surface area contributed by atoms with Gasteiger partial charge in [-0.3, -0.25) is 0 Å². The Bertz CT molecular complexity index is 456. The molecule has 0 spiro atoms. The van der Waals surface area contributed by atoms with E-state index in [9.17, 15) is 0 Å². The van der Waals surface area contributed by atoms with Crippen LogP contribution in [0.25, 0.3) is 10.6 Å². The molecule has 0 atom stereocenters. The van der Waals surface area contributed by atoms with E-state index in [1.165, 1.54) is 11.3 Å². The van der Waals surface area contributed by atoms with Gasteiger partial charge in [0.2, 0.25) is 0 Å². The summed E-state index contributed by atoms with van der Waals surface area (Å²) in [4.78, 5) is 0. The van der Waals surface area contributed by atoms with Crippen LogP contribution in [0.2, 0.25) is 0 Å². The van der Waals surface area contributed by atoms with Crippen molar-refractivity contribution in [3.05, 3.63) is 24.3 Å². The summed E-state index contributed by atoms with van der Waals surface area (Å²) in [6.07, 6.45) is 0. The lowest BCUT2D eigenvalue weighted by atomic mass is 10.2. The number of aromatic nitrogens is 2. The third-order valence-corrected chi connectivity index (χ3v) is 2.94. The van der Waals surface area contributed by atoms with E-state index in [2.05, 4.69) is 22.8 Å². The second-order valence-electron chi connectivity index (χ2n) is 2.85. The summed E-state index contributed by atoms with van der Waals surface area (Å²) in [5.41, 5.74) is 1.01. The number of nitrogens with zero attached hydrogens (tertiary/aromatic N) is 2. The fraction of sp³-hybridized carbons (Fsp3) is 0.200. The van der Waals surface area contributed by atoms with Crippen molar-refractivity contribution in [2.75, 3.05) is 6.61 Å². The van der Waals surface area contributed by atoms with Gasteiger partial charge in [0, 0.05) is 5.56 Å². The van der Waals surface area contributed by atoms with E-state index in [0.29, 0.717) is 10.9 Å². The van der Waals surface area contributed by atoms with Gasteiger partial charge in [0.25, 0.3) is 0 Å². The second-order valence-corrected chi connectivity index (χ2v) is 4.55. The molecule has 0 N–H and O–H groups in total. The molecule has 1 heterocycles. The lowest BCUT2D eigenvalue weighted by Crippen LogP contribution is -1.90. The minimum atomic E-state index is 0.664. The number of hydrogen-bond acceptors (Lipinski definition) is 5. The summed E-state index contributed by atoms with van der Waals surface area (Å²) in [6, 6.07) is 7.81. The quantitative estimate of drug-likeness (QED) is 0.835. The van der Waals surface area contributed by atoms with E-state index in [0.717, 1.165) is 16.3 Å². The maximum atomic E-state index is 5.41. The van der Waals surface area contributed by atoms with E-state index in [1.54, 1.807) is 0 Å². The van der Waals surface area contributed by atoms with Crippen LogP contribution in [0.4, 0.5) is 0 Å². The lowest BCUT2D eigenvalue weighted by Gasteiger charge is -2.03. The van der Waals surface area contributed by atoms with E-state index < -0.39 is 0 Å². The molecule has 0 amide bonds. The number of ether oxygens (including phenoxy) is 1. The molecule has 0 unspecified atom stereocenters. The summed E-state index contributed by atoms with van der Waals surface area (Å²) in [5.74, 6) is 0.853. The summed E-state index contributed by atoms with van der Waals surface area (Å²) in [6.45, 7) is 2.63. The standard InChI is InChI=1S/C10H10N2OS2/c1-2-13-8-5-3-4-7(6-8)9-11-12-10(14)15-9/h3-6H,2H2,1H3,(H,12,14). The van der Waals surface area contributed by atoms with Crippen molar-refractivity contribution in [1.82, 2.24) is 10.2 Å². The molecule has 2 rings (SSSR count). The van der Waals surface area contributed by atoms with Crippen LogP contribution in [0.15, 0.2) is 28.6 Å². The Labute approximate surface area is 97.5 Å². The normalized spacial score (nSPS) is 10.3. The van der Waals surface area contributed by atoms with Crippen molar-refractivity contribution >= 4 is 24.0 Å². The van der Waals surface area contributed by atoms with Gasteiger partial charge in [0.15, 0.2) is 4.34 Å². The van der Waals surface area contributed by atoms with E-state index >= 15 is 0 Å². The molecule has 1 aromatic heterocycles. The molecule has 0 radical (unpaired) electrons. The molecular weight excluding hydrogens is 228 g/mol. The van der Waals surface area contributed by atoms with Crippen LogP contribution < -0.4 is 4.74 Å². The molecular formula is C10H10N2OS2. The molecule has 0 aliphatic rings. The summed E-state index contributed by atoms with van der Waals surface area (Å²) < 4.78 is 6.09. The van der Waals surface area contributed by atoms with Crippen LogP contribution in [-0.2, 0) is 0 Å². The third kappa shape index (κ3) is 2.49. The molecule has 78 valence electrons. The first-order valence-corrected chi connectivity index (χ1v) is 5.81. The Hall–Kier alpha value is -1.07. The summed E-state index contributed by atoms with van der Waals surface area (Å²) >= 11 is 5.59. The molecule has 15 heavy (non-hydrogen) atoms. The predicted octanol–water partition coefficient (Wildman–Crippen LogP) is 2.89. The number of thiol groups is 1. The van der Waals surface area contributed by atoms with Gasteiger partial charge in [-0.1, -0.05) is 23.5 Å². The monoisotopic (exact) mass is 238 g/mol. The molecule has 3 nitrogen and oxygen atoms in total. The first kappa shape index (κ1) is 10.4. The largest absolute Gasteiger partial charge is 0.494 e. The van der Waals surface area contributed by atoms with Crippen molar-refractivity contribution in [3.63, 3.8) is 0 Å².